The van der Waals surface area contributed by atoms with Crippen molar-refractivity contribution in [2.75, 3.05) is 5.88 Å². The van der Waals surface area contributed by atoms with Crippen molar-refractivity contribution in [2.24, 2.45) is 0 Å². The molecule has 0 N–H and O–H groups in total. The summed E-state index contributed by atoms with van der Waals surface area (Å²) in [5.74, 6) is 1.28. The molecular formula is C14H21Cl. The van der Waals surface area contributed by atoms with Crippen LogP contribution in [0.5, 0.6) is 0 Å². The molecule has 1 rings (SSSR count). The van der Waals surface area contributed by atoms with Gasteiger partial charge in [0.05, 0.1) is 0 Å². The molecule has 0 aliphatic rings. The predicted octanol–water partition coefficient (Wildman–Crippen LogP) is 4.90. The molecule has 1 aromatic rings. The van der Waals surface area contributed by atoms with E-state index in [0.29, 0.717) is 5.92 Å². The number of halogens is 1. The maximum Gasteiger partial charge on any atom is 0.0292 e. The van der Waals surface area contributed by atoms with Gasteiger partial charge < -0.3 is 0 Å². The first-order chi connectivity index (χ1) is 7.27. The van der Waals surface area contributed by atoms with Crippen LogP contribution in [0.1, 0.15) is 49.7 Å². The zero-order chi connectivity index (χ0) is 11.1. The number of benzene rings is 1. The summed E-state index contributed by atoms with van der Waals surface area (Å²) in [6, 6.07) is 8.73. The van der Waals surface area contributed by atoms with Gasteiger partial charge in [0.25, 0.3) is 0 Å². The number of alkyl halides is 1. The molecule has 1 unspecified atom stereocenters. The highest BCUT2D eigenvalue weighted by Gasteiger charge is 2.09. The van der Waals surface area contributed by atoms with Crippen LogP contribution in [0.3, 0.4) is 0 Å². The minimum absolute atomic E-state index is 0.540. The van der Waals surface area contributed by atoms with E-state index in [1.807, 2.05) is 0 Å². The fourth-order valence-electron chi connectivity index (χ4n) is 1.90. The Kier molecular flexibility index (Phi) is 5.78. The number of unbranched alkanes of at least 4 members (excludes halogenated alkanes) is 2. The average Bonchev–Trinajstić information content (AvgIpc) is 2.24. The molecule has 0 fully saturated rings. The van der Waals surface area contributed by atoms with Crippen molar-refractivity contribution in [1.29, 1.82) is 0 Å². The highest BCUT2D eigenvalue weighted by molar-refractivity contribution is 6.18. The molecule has 0 nitrogen and oxygen atoms in total. The summed E-state index contributed by atoms with van der Waals surface area (Å²) in [5, 5.41) is 0. The van der Waals surface area contributed by atoms with Gasteiger partial charge in [-0.15, -0.1) is 11.6 Å². The molecule has 0 amide bonds. The third-order valence-corrected chi connectivity index (χ3v) is 3.23. The van der Waals surface area contributed by atoms with Gasteiger partial charge in [-0.1, -0.05) is 56.0 Å². The molecule has 0 aliphatic heterocycles. The minimum Gasteiger partial charge on any atom is -0.126 e. The molecular weight excluding hydrogens is 204 g/mol. The lowest BCUT2D eigenvalue weighted by Gasteiger charge is -2.14. The number of hydrogen-bond donors (Lipinski definition) is 0. The van der Waals surface area contributed by atoms with E-state index in [0.717, 1.165) is 5.88 Å². The first-order valence-electron chi connectivity index (χ1n) is 5.90. The Labute approximate surface area is 98.7 Å². The van der Waals surface area contributed by atoms with Crippen LogP contribution >= 0.6 is 11.6 Å². The zero-order valence-corrected chi connectivity index (χ0v) is 10.6. The van der Waals surface area contributed by atoms with Gasteiger partial charge >= 0.3 is 0 Å². The summed E-state index contributed by atoms with van der Waals surface area (Å²) >= 11 is 6.03. The summed E-state index contributed by atoms with van der Waals surface area (Å²) in [4.78, 5) is 0. The molecule has 0 aromatic heterocycles. The molecule has 1 atom stereocenters. The first kappa shape index (κ1) is 12.6. The highest BCUT2D eigenvalue weighted by Crippen LogP contribution is 2.24. The van der Waals surface area contributed by atoms with Gasteiger partial charge in [0.15, 0.2) is 0 Å². The molecule has 0 saturated carbocycles. The van der Waals surface area contributed by atoms with E-state index in [4.69, 9.17) is 11.6 Å². The van der Waals surface area contributed by atoms with Crippen LogP contribution in [0, 0.1) is 6.92 Å². The van der Waals surface area contributed by atoms with Crippen molar-refractivity contribution >= 4 is 11.6 Å². The lowest BCUT2D eigenvalue weighted by molar-refractivity contribution is 0.601. The van der Waals surface area contributed by atoms with E-state index in [-0.39, 0.29) is 0 Å². The van der Waals surface area contributed by atoms with Crippen molar-refractivity contribution in [3.05, 3.63) is 35.4 Å². The number of rotatable bonds is 6. The summed E-state index contributed by atoms with van der Waals surface area (Å²) in [5.41, 5.74) is 2.74. The number of aryl methyl sites for hydroxylation is 1. The van der Waals surface area contributed by atoms with E-state index in [2.05, 4.69) is 38.1 Å². The van der Waals surface area contributed by atoms with Crippen molar-refractivity contribution in [3.63, 3.8) is 0 Å². The normalized spacial score (nSPS) is 12.7. The Morgan fingerprint density at radius 2 is 2.07 bits per heavy atom. The third kappa shape index (κ3) is 4.25. The molecule has 0 saturated heterocycles. The average molecular weight is 225 g/mol. The van der Waals surface area contributed by atoms with Crippen LogP contribution in [0.4, 0.5) is 0 Å². The molecule has 84 valence electrons. The molecule has 0 aliphatic carbocycles. The Balaban J connectivity index is 2.57. The zero-order valence-electron chi connectivity index (χ0n) is 9.80. The van der Waals surface area contributed by atoms with Crippen LogP contribution in [0.2, 0.25) is 0 Å². The minimum atomic E-state index is 0.540. The van der Waals surface area contributed by atoms with Crippen molar-refractivity contribution < 1.29 is 0 Å². The van der Waals surface area contributed by atoms with Crippen LogP contribution in [0.25, 0.3) is 0 Å². The Bertz CT molecular complexity index is 280. The second-order valence-corrected chi connectivity index (χ2v) is 4.57. The summed E-state index contributed by atoms with van der Waals surface area (Å²) in [6.07, 6.45) is 5.12. The van der Waals surface area contributed by atoms with Gasteiger partial charge in [-0.05, 0) is 24.8 Å². The smallest absolute Gasteiger partial charge is 0.0292 e. The Morgan fingerprint density at radius 1 is 1.27 bits per heavy atom. The summed E-state index contributed by atoms with van der Waals surface area (Å²) in [7, 11) is 0. The molecule has 0 radical (unpaired) electrons. The molecule has 15 heavy (non-hydrogen) atoms. The van der Waals surface area contributed by atoms with E-state index in [9.17, 15) is 0 Å². The van der Waals surface area contributed by atoms with Gasteiger partial charge in [0, 0.05) is 5.88 Å². The van der Waals surface area contributed by atoms with Gasteiger partial charge in [0.2, 0.25) is 0 Å². The lowest BCUT2D eigenvalue weighted by Crippen LogP contribution is -2.00. The van der Waals surface area contributed by atoms with Crippen LogP contribution < -0.4 is 0 Å². The molecule has 0 heterocycles. The van der Waals surface area contributed by atoms with Crippen LogP contribution in [-0.4, -0.2) is 5.88 Å². The molecule has 1 aromatic carbocycles. The van der Waals surface area contributed by atoms with Crippen molar-refractivity contribution in [3.8, 4) is 0 Å². The summed E-state index contributed by atoms with van der Waals surface area (Å²) < 4.78 is 0. The first-order valence-corrected chi connectivity index (χ1v) is 6.44. The topological polar surface area (TPSA) is 0 Å². The quantitative estimate of drug-likeness (QED) is 0.476. The van der Waals surface area contributed by atoms with Crippen molar-refractivity contribution in [1.82, 2.24) is 0 Å². The van der Waals surface area contributed by atoms with E-state index < -0.39 is 0 Å². The maximum absolute atomic E-state index is 6.03. The SMILES string of the molecule is CCCCCC(CCl)c1cccc(C)c1. The van der Waals surface area contributed by atoms with Gasteiger partial charge in [-0.25, -0.2) is 0 Å². The van der Waals surface area contributed by atoms with Crippen LogP contribution in [-0.2, 0) is 0 Å². The highest BCUT2D eigenvalue weighted by atomic mass is 35.5. The van der Waals surface area contributed by atoms with Gasteiger partial charge in [-0.3, -0.25) is 0 Å². The Morgan fingerprint density at radius 3 is 2.67 bits per heavy atom. The van der Waals surface area contributed by atoms with E-state index in [1.165, 1.54) is 36.8 Å². The van der Waals surface area contributed by atoms with Crippen molar-refractivity contribution in [2.45, 2.75) is 45.4 Å². The molecule has 1 heteroatoms. The standard InChI is InChI=1S/C14H21Cl/c1-3-4-5-8-14(11-15)13-9-6-7-12(2)10-13/h6-7,9-10,14H,3-5,8,11H2,1-2H3. The monoisotopic (exact) mass is 224 g/mol. The van der Waals surface area contributed by atoms with E-state index >= 15 is 0 Å². The maximum atomic E-state index is 6.03. The third-order valence-electron chi connectivity index (χ3n) is 2.86. The fourth-order valence-corrected chi connectivity index (χ4v) is 2.23. The molecule has 0 bridgehead atoms. The van der Waals surface area contributed by atoms with Gasteiger partial charge in [0.1, 0.15) is 0 Å². The second kappa shape index (κ2) is 6.90. The lowest BCUT2D eigenvalue weighted by atomic mass is 9.94. The largest absolute Gasteiger partial charge is 0.126 e. The van der Waals surface area contributed by atoms with E-state index in [1.54, 1.807) is 0 Å². The number of hydrogen-bond acceptors (Lipinski definition) is 0. The predicted molar refractivity (Wildman–Crippen MR) is 68.8 cm³/mol. The Hall–Kier alpha value is -0.490. The molecule has 0 spiro atoms. The van der Waals surface area contributed by atoms with Gasteiger partial charge in [-0.2, -0.15) is 0 Å². The fraction of sp³-hybridized carbons (Fsp3) is 0.571. The van der Waals surface area contributed by atoms with Crippen LogP contribution in [0.15, 0.2) is 24.3 Å². The summed E-state index contributed by atoms with van der Waals surface area (Å²) in [6.45, 7) is 4.38. The second-order valence-electron chi connectivity index (χ2n) is 4.26.